The summed E-state index contributed by atoms with van der Waals surface area (Å²) in [6, 6.07) is 7.31. The van der Waals surface area contributed by atoms with Gasteiger partial charge in [-0.2, -0.15) is 13.2 Å². The van der Waals surface area contributed by atoms with E-state index in [1.807, 2.05) is 4.90 Å². The number of hydrogen-bond donors (Lipinski definition) is 2. The molecular formula is C26H28F3N5O3. The molecule has 2 saturated heterocycles. The van der Waals surface area contributed by atoms with Crippen LogP contribution >= 0.6 is 0 Å². The fourth-order valence-electron chi connectivity index (χ4n) is 5.14. The number of aromatic amines is 1. The Morgan fingerprint density at radius 1 is 1.16 bits per heavy atom. The number of fused-ring (bicyclic) bond motifs is 1. The highest BCUT2D eigenvalue weighted by molar-refractivity contribution is 5.95. The number of benzene rings is 1. The van der Waals surface area contributed by atoms with Gasteiger partial charge in [0.05, 0.1) is 37.6 Å². The number of pyridine rings is 1. The minimum absolute atomic E-state index is 0.0593. The second kappa shape index (κ2) is 9.21. The zero-order valence-corrected chi connectivity index (χ0v) is 20.4. The van der Waals surface area contributed by atoms with E-state index in [1.165, 1.54) is 7.11 Å². The number of rotatable bonds is 6. The molecule has 1 aliphatic carbocycles. The van der Waals surface area contributed by atoms with E-state index in [4.69, 9.17) is 9.47 Å². The molecule has 3 aliphatic rings. The van der Waals surface area contributed by atoms with Gasteiger partial charge in [0.15, 0.2) is 0 Å². The van der Waals surface area contributed by atoms with Crippen LogP contribution in [-0.2, 0) is 10.9 Å². The minimum Gasteiger partial charge on any atom is -0.495 e. The monoisotopic (exact) mass is 515 g/mol. The van der Waals surface area contributed by atoms with Crippen molar-refractivity contribution in [3.05, 3.63) is 47.2 Å². The van der Waals surface area contributed by atoms with Gasteiger partial charge in [-0.25, -0.2) is 4.98 Å². The summed E-state index contributed by atoms with van der Waals surface area (Å²) in [7, 11) is 1.51. The molecule has 2 aromatic heterocycles. The molecule has 0 bridgehead atoms. The zero-order chi connectivity index (χ0) is 25.7. The second-order valence-corrected chi connectivity index (χ2v) is 9.85. The van der Waals surface area contributed by atoms with Gasteiger partial charge in [0.2, 0.25) is 0 Å². The molecule has 3 aromatic rings. The Morgan fingerprint density at radius 2 is 1.92 bits per heavy atom. The van der Waals surface area contributed by atoms with E-state index < -0.39 is 11.7 Å². The van der Waals surface area contributed by atoms with Gasteiger partial charge in [0.1, 0.15) is 17.2 Å². The molecule has 8 nitrogen and oxygen atoms in total. The number of nitrogens with zero attached hydrogens (tertiary/aromatic N) is 3. The third-order valence-electron chi connectivity index (χ3n) is 7.44. The van der Waals surface area contributed by atoms with Crippen molar-refractivity contribution in [2.45, 2.75) is 31.0 Å². The molecule has 0 atom stereocenters. The fourth-order valence-corrected chi connectivity index (χ4v) is 5.14. The van der Waals surface area contributed by atoms with Crippen LogP contribution in [0.2, 0.25) is 0 Å². The number of alkyl halides is 3. The van der Waals surface area contributed by atoms with Crippen molar-refractivity contribution in [2.24, 2.45) is 0 Å². The summed E-state index contributed by atoms with van der Waals surface area (Å²) >= 11 is 0. The minimum atomic E-state index is -4.46. The van der Waals surface area contributed by atoms with Crippen LogP contribution < -0.4 is 10.1 Å². The van der Waals surface area contributed by atoms with E-state index in [-0.39, 0.29) is 22.9 Å². The van der Waals surface area contributed by atoms with Gasteiger partial charge < -0.3 is 24.7 Å². The predicted octanol–water partition coefficient (Wildman–Crippen LogP) is 4.37. The molecule has 11 heteroatoms. The average Bonchev–Trinajstić information content (AvgIpc) is 3.60. The third kappa shape index (κ3) is 4.61. The van der Waals surface area contributed by atoms with Crippen LogP contribution in [0.3, 0.4) is 0 Å². The summed E-state index contributed by atoms with van der Waals surface area (Å²) in [6.07, 6.45) is -1.77. The van der Waals surface area contributed by atoms with Gasteiger partial charge in [-0.05, 0) is 48.6 Å². The van der Waals surface area contributed by atoms with Crippen LogP contribution in [0.1, 0.15) is 40.2 Å². The van der Waals surface area contributed by atoms with Crippen LogP contribution in [0.5, 0.6) is 5.75 Å². The Kier molecular flexibility index (Phi) is 5.99. The number of H-pyrrole nitrogens is 1. The smallest absolute Gasteiger partial charge is 0.418 e. The fraction of sp³-hybridized carbons (Fsp3) is 0.462. The van der Waals surface area contributed by atoms with Gasteiger partial charge in [0.25, 0.3) is 5.91 Å². The quantitative estimate of drug-likeness (QED) is 0.508. The molecule has 6 rings (SSSR count). The normalized spacial score (nSPS) is 19.2. The summed E-state index contributed by atoms with van der Waals surface area (Å²) in [5.41, 5.74) is 1.23. The van der Waals surface area contributed by atoms with Gasteiger partial charge in [0, 0.05) is 43.3 Å². The maximum Gasteiger partial charge on any atom is 0.418 e. The number of methoxy groups -OCH3 is 1. The van der Waals surface area contributed by atoms with Crippen LogP contribution in [0.4, 0.5) is 24.7 Å². The van der Waals surface area contributed by atoms with Gasteiger partial charge in [-0.15, -0.1) is 0 Å². The highest BCUT2D eigenvalue weighted by Gasteiger charge is 2.37. The molecule has 0 spiro atoms. The number of amides is 1. The number of halogens is 3. The standard InChI is InChI=1S/C26H28F3N5O3/c1-36-21-10-16(25(35)34-8-6-33(7-9-34)17-13-37-14-17)4-5-20(21)31-22-11-18(15-2-3-15)23-19(26(27,28)29)12-30-24(23)32-22/h4-5,10-12,15,17H,2-3,6-9,13-14H2,1H3,(H2,30,31,32). The summed E-state index contributed by atoms with van der Waals surface area (Å²) in [5.74, 6) is 0.894. The molecule has 4 heterocycles. The van der Waals surface area contributed by atoms with Crippen molar-refractivity contribution in [3.8, 4) is 5.75 Å². The van der Waals surface area contributed by atoms with Crippen molar-refractivity contribution < 1.29 is 27.4 Å². The summed E-state index contributed by atoms with van der Waals surface area (Å²) in [4.78, 5) is 24.5. The molecule has 1 aromatic carbocycles. The third-order valence-corrected chi connectivity index (χ3v) is 7.44. The number of aromatic nitrogens is 2. The lowest BCUT2D eigenvalue weighted by molar-refractivity contribution is -0.136. The maximum atomic E-state index is 13.6. The Morgan fingerprint density at radius 3 is 2.54 bits per heavy atom. The topological polar surface area (TPSA) is 82.7 Å². The van der Waals surface area contributed by atoms with Gasteiger partial charge >= 0.3 is 6.18 Å². The number of piperazine rings is 1. The summed E-state index contributed by atoms with van der Waals surface area (Å²) in [6.45, 7) is 4.47. The molecule has 0 unspecified atom stereocenters. The van der Waals surface area contributed by atoms with Crippen LogP contribution in [-0.4, -0.2) is 78.2 Å². The van der Waals surface area contributed by atoms with Crippen LogP contribution in [0, 0.1) is 0 Å². The van der Waals surface area contributed by atoms with E-state index in [9.17, 15) is 18.0 Å². The molecule has 0 radical (unpaired) electrons. The van der Waals surface area contributed by atoms with Crippen molar-refractivity contribution in [1.29, 1.82) is 0 Å². The number of carbonyl (C=O) groups is 1. The Bertz CT molecular complexity index is 1320. The van der Waals surface area contributed by atoms with Crippen LogP contribution in [0.15, 0.2) is 30.5 Å². The highest BCUT2D eigenvalue weighted by Crippen LogP contribution is 2.47. The molecular weight excluding hydrogens is 487 g/mol. The van der Waals surface area contributed by atoms with E-state index in [0.717, 1.165) is 45.3 Å². The van der Waals surface area contributed by atoms with E-state index in [2.05, 4.69) is 20.2 Å². The van der Waals surface area contributed by atoms with Gasteiger partial charge in [-0.3, -0.25) is 9.69 Å². The second-order valence-electron chi connectivity index (χ2n) is 9.85. The molecule has 196 valence electrons. The largest absolute Gasteiger partial charge is 0.495 e. The lowest BCUT2D eigenvalue weighted by atomic mass is 10.0. The van der Waals surface area contributed by atoms with E-state index in [0.29, 0.717) is 47.5 Å². The highest BCUT2D eigenvalue weighted by atomic mass is 19.4. The summed E-state index contributed by atoms with van der Waals surface area (Å²) < 4.78 is 51.5. The molecule has 37 heavy (non-hydrogen) atoms. The van der Waals surface area contributed by atoms with Crippen LogP contribution in [0.25, 0.3) is 11.0 Å². The Hall–Kier alpha value is -3.31. The van der Waals surface area contributed by atoms with Crippen molar-refractivity contribution in [1.82, 2.24) is 19.8 Å². The Balaban J connectivity index is 1.22. The average molecular weight is 516 g/mol. The number of carbonyl (C=O) groups excluding carboxylic acids is 1. The number of ether oxygens (including phenoxy) is 2. The van der Waals surface area contributed by atoms with Crippen molar-refractivity contribution in [2.75, 3.05) is 51.8 Å². The van der Waals surface area contributed by atoms with E-state index in [1.54, 1.807) is 24.3 Å². The first-order valence-corrected chi connectivity index (χ1v) is 12.5. The SMILES string of the molecule is COc1cc(C(=O)N2CCN(C3COC3)CC2)ccc1Nc1cc(C2CC2)c2c(C(F)(F)F)c[nH]c2n1. The molecule has 1 amide bonds. The lowest BCUT2D eigenvalue weighted by Crippen LogP contribution is -2.57. The Labute approximate surface area is 211 Å². The molecule has 2 aliphatic heterocycles. The first kappa shape index (κ1) is 24.1. The zero-order valence-electron chi connectivity index (χ0n) is 20.4. The molecule has 2 N–H and O–H groups in total. The van der Waals surface area contributed by atoms with Gasteiger partial charge in [-0.1, -0.05) is 0 Å². The lowest BCUT2D eigenvalue weighted by Gasteiger charge is -2.42. The first-order valence-electron chi connectivity index (χ1n) is 12.5. The molecule has 1 saturated carbocycles. The maximum absolute atomic E-state index is 13.6. The van der Waals surface area contributed by atoms with Crippen molar-refractivity contribution in [3.63, 3.8) is 0 Å². The number of hydrogen-bond acceptors (Lipinski definition) is 6. The van der Waals surface area contributed by atoms with E-state index >= 15 is 0 Å². The van der Waals surface area contributed by atoms with Crippen molar-refractivity contribution >= 4 is 28.4 Å². The number of nitrogens with one attached hydrogen (secondary N) is 2. The number of anilines is 2. The summed E-state index contributed by atoms with van der Waals surface area (Å²) in [5, 5.41) is 3.32. The first-order chi connectivity index (χ1) is 17.8. The predicted molar refractivity (Wildman–Crippen MR) is 131 cm³/mol. The molecule has 3 fully saturated rings.